The van der Waals surface area contributed by atoms with Gasteiger partial charge in [0.1, 0.15) is 5.82 Å². The zero-order valence-electron chi connectivity index (χ0n) is 11.9. The van der Waals surface area contributed by atoms with Gasteiger partial charge in [-0.05, 0) is 38.1 Å². The first-order valence-electron chi connectivity index (χ1n) is 6.99. The fraction of sp³-hybridized carbons (Fsp3) is 0.600. The Bertz CT molecular complexity index is 415. The van der Waals surface area contributed by atoms with E-state index in [1.165, 1.54) is 0 Å². The number of hydrogen-bond donors (Lipinski definition) is 1. The summed E-state index contributed by atoms with van der Waals surface area (Å²) in [6.07, 6.45) is 0.286. The summed E-state index contributed by atoms with van der Waals surface area (Å²) in [7, 11) is 0. The number of hydrogen-bond acceptors (Lipinski definition) is 3. The van der Waals surface area contributed by atoms with Gasteiger partial charge in [0.05, 0.1) is 17.9 Å². The molecule has 2 atom stereocenters. The molecule has 0 unspecified atom stereocenters. The van der Waals surface area contributed by atoms with E-state index in [9.17, 15) is 4.39 Å². The second-order valence-corrected chi connectivity index (χ2v) is 5.23. The van der Waals surface area contributed by atoms with Crippen molar-refractivity contribution in [2.45, 2.75) is 39.5 Å². The lowest BCUT2D eigenvalue weighted by molar-refractivity contribution is -0.00539. The summed E-state index contributed by atoms with van der Waals surface area (Å²) in [4.78, 5) is 2.07. The number of anilines is 1. The average molecular weight is 266 g/mol. The number of halogens is 1. The topological polar surface area (TPSA) is 24.5 Å². The van der Waals surface area contributed by atoms with E-state index in [1.807, 2.05) is 32.9 Å². The van der Waals surface area contributed by atoms with Crippen LogP contribution in [0.1, 0.15) is 26.3 Å². The molecule has 0 radical (unpaired) electrons. The highest BCUT2D eigenvalue weighted by Gasteiger charge is 2.24. The predicted molar refractivity (Wildman–Crippen MR) is 76.0 cm³/mol. The lowest BCUT2D eigenvalue weighted by atomic mass is 10.1. The van der Waals surface area contributed by atoms with Gasteiger partial charge in [-0.25, -0.2) is 4.39 Å². The molecule has 1 aliphatic heterocycles. The summed E-state index contributed by atoms with van der Waals surface area (Å²) in [5.41, 5.74) is 1.67. The molecule has 1 heterocycles. The van der Waals surface area contributed by atoms with Crippen molar-refractivity contribution < 1.29 is 9.13 Å². The van der Waals surface area contributed by atoms with E-state index in [0.717, 1.165) is 25.2 Å². The Kier molecular flexibility index (Phi) is 4.77. The zero-order valence-corrected chi connectivity index (χ0v) is 11.9. The van der Waals surface area contributed by atoms with Gasteiger partial charge in [0.2, 0.25) is 0 Å². The van der Waals surface area contributed by atoms with Crippen LogP contribution < -0.4 is 10.2 Å². The smallest absolute Gasteiger partial charge is 0.146 e. The number of nitrogens with one attached hydrogen (secondary N) is 1. The predicted octanol–water partition coefficient (Wildman–Crippen LogP) is 2.55. The molecule has 1 aromatic carbocycles. The van der Waals surface area contributed by atoms with Crippen molar-refractivity contribution in [3.8, 4) is 0 Å². The average Bonchev–Trinajstić information content (AvgIpc) is 2.35. The van der Waals surface area contributed by atoms with Gasteiger partial charge in [0, 0.05) is 19.6 Å². The largest absolute Gasteiger partial charge is 0.372 e. The first kappa shape index (κ1) is 14.3. The molecule has 2 rings (SSSR count). The van der Waals surface area contributed by atoms with Crippen LogP contribution >= 0.6 is 0 Å². The minimum Gasteiger partial charge on any atom is -0.372 e. The van der Waals surface area contributed by atoms with Crippen LogP contribution in [0.5, 0.6) is 0 Å². The molecule has 1 N–H and O–H groups in total. The maximum absolute atomic E-state index is 14.2. The fourth-order valence-electron chi connectivity index (χ4n) is 2.56. The summed E-state index contributed by atoms with van der Waals surface area (Å²) in [5.74, 6) is -0.142. The van der Waals surface area contributed by atoms with Gasteiger partial charge in [-0.1, -0.05) is 13.0 Å². The van der Waals surface area contributed by atoms with Gasteiger partial charge >= 0.3 is 0 Å². The summed E-state index contributed by atoms with van der Waals surface area (Å²) >= 11 is 0. The van der Waals surface area contributed by atoms with Crippen molar-refractivity contribution in [2.75, 3.05) is 24.5 Å². The van der Waals surface area contributed by atoms with E-state index in [-0.39, 0.29) is 18.0 Å². The Morgan fingerprint density at radius 2 is 2.00 bits per heavy atom. The second kappa shape index (κ2) is 6.35. The number of ether oxygens (including phenoxy) is 1. The number of morpholine rings is 1. The van der Waals surface area contributed by atoms with Gasteiger partial charge in [-0.15, -0.1) is 0 Å². The van der Waals surface area contributed by atoms with Crippen LogP contribution in [-0.4, -0.2) is 31.8 Å². The van der Waals surface area contributed by atoms with Crippen LogP contribution in [0.4, 0.5) is 10.1 Å². The molecule has 1 aromatic rings. The second-order valence-electron chi connectivity index (χ2n) is 5.23. The van der Waals surface area contributed by atoms with E-state index in [1.54, 1.807) is 6.07 Å². The van der Waals surface area contributed by atoms with E-state index in [4.69, 9.17) is 4.74 Å². The maximum Gasteiger partial charge on any atom is 0.146 e. The lowest BCUT2D eigenvalue weighted by Crippen LogP contribution is -2.45. The van der Waals surface area contributed by atoms with Crippen LogP contribution in [0.15, 0.2) is 18.2 Å². The Labute approximate surface area is 114 Å². The molecule has 3 nitrogen and oxygen atoms in total. The van der Waals surface area contributed by atoms with Crippen molar-refractivity contribution in [3.63, 3.8) is 0 Å². The van der Waals surface area contributed by atoms with Gasteiger partial charge < -0.3 is 15.0 Å². The van der Waals surface area contributed by atoms with Gasteiger partial charge in [0.15, 0.2) is 0 Å². The SMILES string of the molecule is CCNCc1ccc(N2C[C@@H](C)O[C@@H](C)C2)c(F)c1. The zero-order chi connectivity index (χ0) is 13.8. The number of rotatable bonds is 4. The van der Waals surface area contributed by atoms with Gasteiger partial charge in [-0.2, -0.15) is 0 Å². The molecule has 1 fully saturated rings. The molecule has 4 heteroatoms. The lowest BCUT2D eigenvalue weighted by Gasteiger charge is -2.37. The van der Waals surface area contributed by atoms with Crippen molar-refractivity contribution in [1.29, 1.82) is 0 Å². The Morgan fingerprint density at radius 3 is 2.58 bits per heavy atom. The summed E-state index contributed by atoms with van der Waals surface area (Å²) < 4.78 is 19.9. The summed E-state index contributed by atoms with van der Waals surface area (Å²) in [5, 5.41) is 3.20. The minimum atomic E-state index is -0.142. The molecule has 1 saturated heterocycles. The third-order valence-electron chi connectivity index (χ3n) is 3.35. The number of benzene rings is 1. The van der Waals surface area contributed by atoms with E-state index in [0.29, 0.717) is 12.2 Å². The first-order chi connectivity index (χ1) is 9.10. The van der Waals surface area contributed by atoms with E-state index < -0.39 is 0 Å². The third kappa shape index (κ3) is 3.67. The molecule has 0 spiro atoms. The molecule has 1 aliphatic rings. The van der Waals surface area contributed by atoms with Gasteiger partial charge in [-0.3, -0.25) is 0 Å². The molecule has 19 heavy (non-hydrogen) atoms. The fourth-order valence-corrected chi connectivity index (χ4v) is 2.56. The van der Waals surface area contributed by atoms with Crippen LogP contribution in [0, 0.1) is 5.82 Å². The van der Waals surface area contributed by atoms with E-state index >= 15 is 0 Å². The molecule has 0 saturated carbocycles. The van der Waals surface area contributed by atoms with Crippen molar-refractivity contribution in [1.82, 2.24) is 5.32 Å². The Balaban J connectivity index is 2.11. The Morgan fingerprint density at radius 1 is 1.32 bits per heavy atom. The molecule has 106 valence electrons. The normalized spacial score (nSPS) is 23.7. The molecule has 0 aromatic heterocycles. The highest BCUT2D eigenvalue weighted by Crippen LogP contribution is 2.24. The van der Waals surface area contributed by atoms with Crippen molar-refractivity contribution in [2.24, 2.45) is 0 Å². The highest BCUT2D eigenvalue weighted by atomic mass is 19.1. The van der Waals surface area contributed by atoms with Gasteiger partial charge in [0.25, 0.3) is 0 Å². The molecule has 0 bridgehead atoms. The van der Waals surface area contributed by atoms with Crippen LogP contribution in [0.25, 0.3) is 0 Å². The monoisotopic (exact) mass is 266 g/mol. The standard InChI is InChI=1S/C15H23FN2O/c1-4-17-8-13-5-6-15(14(16)7-13)18-9-11(2)19-12(3)10-18/h5-7,11-12,17H,4,8-10H2,1-3H3/t11-,12+. The van der Waals surface area contributed by atoms with Crippen LogP contribution in [0.2, 0.25) is 0 Å². The molecular weight excluding hydrogens is 243 g/mol. The highest BCUT2D eigenvalue weighted by molar-refractivity contribution is 5.49. The molecule has 0 aliphatic carbocycles. The van der Waals surface area contributed by atoms with Crippen LogP contribution in [0.3, 0.4) is 0 Å². The van der Waals surface area contributed by atoms with Crippen molar-refractivity contribution in [3.05, 3.63) is 29.6 Å². The van der Waals surface area contributed by atoms with E-state index in [2.05, 4.69) is 10.2 Å². The van der Waals surface area contributed by atoms with Crippen molar-refractivity contribution >= 4 is 5.69 Å². The summed E-state index contributed by atoms with van der Waals surface area (Å²) in [6.45, 7) is 9.19. The number of nitrogens with zero attached hydrogens (tertiary/aromatic N) is 1. The Hall–Kier alpha value is -1.13. The quantitative estimate of drug-likeness (QED) is 0.906. The minimum absolute atomic E-state index is 0.142. The third-order valence-corrected chi connectivity index (χ3v) is 3.35. The first-order valence-corrected chi connectivity index (χ1v) is 6.99. The molecule has 0 amide bonds. The molecular formula is C15H23FN2O. The maximum atomic E-state index is 14.2. The van der Waals surface area contributed by atoms with Crippen LogP contribution in [-0.2, 0) is 11.3 Å². The summed E-state index contributed by atoms with van der Waals surface area (Å²) in [6, 6.07) is 5.50.